The minimum absolute atomic E-state index is 0.0397. The van der Waals surface area contributed by atoms with E-state index in [0.29, 0.717) is 12.3 Å². The van der Waals surface area contributed by atoms with Crippen LogP contribution in [0.1, 0.15) is 35.0 Å². The van der Waals surface area contributed by atoms with Crippen LogP contribution in [0.15, 0.2) is 23.3 Å². The fourth-order valence-corrected chi connectivity index (χ4v) is 2.94. The first-order chi connectivity index (χ1) is 9.74. The maximum Gasteiger partial charge on any atom is 0.271 e. The fourth-order valence-electron chi connectivity index (χ4n) is 2.41. The highest BCUT2D eigenvalue weighted by Crippen LogP contribution is 2.28. The molecule has 1 aliphatic rings. The number of carbonyl (C=O) groups is 1. The molecule has 3 heterocycles. The number of nitrogens with zero attached hydrogens (tertiary/aromatic N) is 3. The van der Waals surface area contributed by atoms with Crippen LogP contribution in [-0.2, 0) is 11.8 Å². The molecule has 0 bridgehead atoms. The molecule has 1 fully saturated rings. The van der Waals surface area contributed by atoms with Crippen LogP contribution in [0, 0.1) is 0 Å². The van der Waals surface area contributed by atoms with Crippen LogP contribution in [0.5, 0.6) is 0 Å². The van der Waals surface area contributed by atoms with Gasteiger partial charge in [-0.05, 0) is 12.8 Å². The highest BCUT2D eigenvalue weighted by Gasteiger charge is 2.30. The van der Waals surface area contributed by atoms with Crippen LogP contribution in [0.25, 0.3) is 0 Å². The van der Waals surface area contributed by atoms with E-state index >= 15 is 0 Å². The molecule has 0 aromatic carbocycles. The Morgan fingerprint density at radius 1 is 1.60 bits per heavy atom. The Bertz CT molecular complexity index is 581. The molecule has 0 spiro atoms. The molecule has 1 N–H and O–H groups in total. The van der Waals surface area contributed by atoms with Gasteiger partial charge in [0, 0.05) is 30.8 Å². The zero-order chi connectivity index (χ0) is 13.9. The monoisotopic (exact) mass is 292 g/mol. The molecule has 2 aromatic rings. The zero-order valence-corrected chi connectivity index (χ0v) is 12.0. The van der Waals surface area contributed by atoms with Crippen LogP contribution < -0.4 is 5.32 Å². The third-order valence-corrected chi connectivity index (χ3v) is 3.94. The standard InChI is InChI=1S/C13H16N4O2S/c1-17-6-9(5-15-17)12-10(3-2-4-19-12)16-13(18)11-7-20-8-14-11/h5-8,10,12H,2-4H2,1H3,(H,16,18)/t10-,12+/m0/s1. The summed E-state index contributed by atoms with van der Waals surface area (Å²) >= 11 is 1.41. The van der Waals surface area contributed by atoms with Gasteiger partial charge in [0.05, 0.1) is 17.7 Å². The van der Waals surface area contributed by atoms with E-state index in [1.165, 1.54) is 11.3 Å². The van der Waals surface area contributed by atoms with Gasteiger partial charge < -0.3 is 10.1 Å². The highest BCUT2D eigenvalue weighted by atomic mass is 32.1. The zero-order valence-electron chi connectivity index (χ0n) is 11.2. The molecule has 0 saturated carbocycles. The molecular formula is C13H16N4O2S. The summed E-state index contributed by atoms with van der Waals surface area (Å²) < 4.78 is 7.57. The summed E-state index contributed by atoms with van der Waals surface area (Å²) in [5.41, 5.74) is 3.12. The first kappa shape index (κ1) is 13.3. The maximum atomic E-state index is 12.1. The van der Waals surface area contributed by atoms with E-state index in [0.717, 1.165) is 18.4 Å². The van der Waals surface area contributed by atoms with E-state index in [9.17, 15) is 4.79 Å². The van der Waals surface area contributed by atoms with Gasteiger partial charge >= 0.3 is 0 Å². The van der Waals surface area contributed by atoms with Crippen molar-refractivity contribution < 1.29 is 9.53 Å². The molecule has 20 heavy (non-hydrogen) atoms. The van der Waals surface area contributed by atoms with Gasteiger partial charge in [0.2, 0.25) is 0 Å². The van der Waals surface area contributed by atoms with Crippen molar-refractivity contribution in [2.75, 3.05) is 6.61 Å². The van der Waals surface area contributed by atoms with Crippen molar-refractivity contribution in [1.82, 2.24) is 20.1 Å². The number of amides is 1. The van der Waals surface area contributed by atoms with Crippen LogP contribution in [0.3, 0.4) is 0 Å². The van der Waals surface area contributed by atoms with Crippen molar-refractivity contribution in [3.8, 4) is 0 Å². The van der Waals surface area contributed by atoms with E-state index < -0.39 is 0 Å². The van der Waals surface area contributed by atoms with Gasteiger partial charge in [-0.25, -0.2) is 4.98 Å². The lowest BCUT2D eigenvalue weighted by molar-refractivity contribution is -0.00954. The maximum absolute atomic E-state index is 12.1. The first-order valence-electron chi connectivity index (χ1n) is 6.53. The molecular weight excluding hydrogens is 276 g/mol. The van der Waals surface area contributed by atoms with E-state index in [4.69, 9.17) is 4.74 Å². The summed E-state index contributed by atoms with van der Waals surface area (Å²) in [5.74, 6) is -0.143. The summed E-state index contributed by atoms with van der Waals surface area (Å²) in [6.45, 7) is 0.711. The lowest BCUT2D eigenvalue weighted by Gasteiger charge is -2.31. The summed E-state index contributed by atoms with van der Waals surface area (Å²) in [5, 5.41) is 8.94. The second-order valence-corrected chi connectivity index (χ2v) is 5.55. The van der Waals surface area contributed by atoms with Gasteiger partial charge in [-0.1, -0.05) is 0 Å². The Morgan fingerprint density at radius 3 is 3.20 bits per heavy atom. The summed E-state index contributed by atoms with van der Waals surface area (Å²) in [6, 6.07) is -0.0397. The Morgan fingerprint density at radius 2 is 2.50 bits per heavy atom. The quantitative estimate of drug-likeness (QED) is 0.931. The molecule has 3 rings (SSSR count). The molecule has 0 radical (unpaired) electrons. The fraction of sp³-hybridized carbons (Fsp3) is 0.462. The third-order valence-electron chi connectivity index (χ3n) is 3.36. The molecule has 6 nitrogen and oxygen atoms in total. The largest absolute Gasteiger partial charge is 0.371 e. The highest BCUT2D eigenvalue weighted by molar-refractivity contribution is 7.07. The van der Waals surface area contributed by atoms with Crippen molar-refractivity contribution in [1.29, 1.82) is 0 Å². The second kappa shape index (κ2) is 5.72. The number of ether oxygens (including phenoxy) is 1. The lowest BCUT2D eigenvalue weighted by atomic mass is 9.98. The average Bonchev–Trinajstić information content (AvgIpc) is 3.10. The van der Waals surface area contributed by atoms with E-state index in [-0.39, 0.29) is 18.1 Å². The molecule has 2 atom stereocenters. The number of rotatable bonds is 3. The topological polar surface area (TPSA) is 69.0 Å². The van der Waals surface area contributed by atoms with Crippen molar-refractivity contribution in [3.63, 3.8) is 0 Å². The minimum atomic E-state index is -0.143. The summed E-state index contributed by atoms with van der Waals surface area (Å²) in [4.78, 5) is 16.1. The number of aryl methyl sites for hydroxylation is 1. The van der Waals surface area contributed by atoms with Crippen LogP contribution in [-0.4, -0.2) is 33.3 Å². The Balaban J connectivity index is 1.74. The number of aromatic nitrogens is 3. The molecule has 1 aliphatic heterocycles. The van der Waals surface area contributed by atoms with Gasteiger partial charge in [-0.3, -0.25) is 9.48 Å². The van der Waals surface area contributed by atoms with Crippen LogP contribution >= 0.6 is 11.3 Å². The molecule has 7 heteroatoms. The number of hydrogen-bond donors (Lipinski definition) is 1. The Kier molecular flexibility index (Phi) is 3.79. The van der Waals surface area contributed by atoms with E-state index in [1.54, 1.807) is 21.8 Å². The summed E-state index contributed by atoms with van der Waals surface area (Å²) in [7, 11) is 1.87. The second-order valence-electron chi connectivity index (χ2n) is 4.83. The van der Waals surface area contributed by atoms with Crippen molar-refractivity contribution in [2.24, 2.45) is 7.05 Å². The van der Waals surface area contributed by atoms with Crippen molar-refractivity contribution in [3.05, 3.63) is 34.5 Å². The molecule has 0 unspecified atom stereocenters. The number of thiazole rings is 1. The van der Waals surface area contributed by atoms with Gasteiger partial charge in [0.15, 0.2) is 0 Å². The molecule has 106 valence electrons. The molecule has 1 saturated heterocycles. The molecule has 0 aliphatic carbocycles. The molecule has 2 aromatic heterocycles. The third kappa shape index (κ3) is 2.73. The van der Waals surface area contributed by atoms with Crippen molar-refractivity contribution in [2.45, 2.75) is 25.0 Å². The van der Waals surface area contributed by atoms with E-state index in [2.05, 4.69) is 15.4 Å². The average molecular weight is 292 g/mol. The first-order valence-corrected chi connectivity index (χ1v) is 7.47. The Hall–Kier alpha value is -1.73. The smallest absolute Gasteiger partial charge is 0.271 e. The Labute approximate surface area is 120 Å². The predicted octanol–water partition coefficient (Wildman–Crippen LogP) is 1.53. The number of hydrogen-bond acceptors (Lipinski definition) is 5. The van der Waals surface area contributed by atoms with Gasteiger partial charge in [0.25, 0.3) is 5.91 Å². The van der Waals surface area contributed by atoms with Gasteiger partial charge in [0.1, 0.15) is 11.8 Å². The van der Waals surface area contributed by atoms with Gasteiger partial charge in [-0.15, -0.1) is 11.3 Å². The van der Waals surface area contributed by atoms with Crippen LogP contribution in [0.2, 0.25) is 0 Å². The predicted molar refractivity (Wildman–Crippen MR) is 74.5 cm³/mol. The lowest BCUT2D eigenvalue weighted by Crippen LogP contribution is -2.42. The molecule has 1 amide bonds. The van der Waals surface area contributed by atoms with Gasteiger partial charge in [-0.2, -0.15) is 5.10 Å². The van der Waals surface area contributed by atoms with Crippen molar-refractivity contribution >= 4 is 17.2 Å². The summed E-state index contributed by atoms with van der Waals surface area (Å²) in [6.07, 6.45) is 5.42. The number of carbonyl (C=O) groups excluding carboxylic acids is 1. The van der Waals surface area contributed by atoms with E-state index in [1.807, 2.05) is 13.2 Å². The number of nitrogens with one attached hydrogen (secondary N) is 1. The SMILES string of the molecule is Cn1cc([C@H]2OCCC[C@@H]2NC(=O)c2cscn2)cn1. The van der Waals surface area contributed by atoms with Crippen LogP contribution in [0.4, 0.5) is 0 Å². The minimum Gasteiger partial charge on any atom is -0.371 e. The normalized spacial score (nSPS) is 22.6.